The van der Waals surface area contributed by atoms with E-state index in [1.807, 2.05) is 6.92 Å². The molecular formula is C7H12N6O. The van der Waals surface area contributed by atoms with Gasteiger partial charge in [-0.3, -0.25) is 4.79 Å². The molecule has 14 heavy (non-hydrogen) atoms. The van der Waals surface area contributed by atoms with Gasteiger partial charge in [0.25, 0.3) is 11.7 Å². The number of piperazine rings is 1. The maximum Gasteiger partial charge on any atom is 0.295 e. The number of H-pyrrole nitrogens is 1. The van der Waals surface area contributed by atoms with Crippen LogP contribution < -0.4 is 5.32 Å². The predicted octanol–water partition coefficient (Wildman–Crippen LogP) is -1.37. The van der Waals surface area contributed by atoms with Gasteiger partial charge in [-0.25, -0.2) is 0 Å². The SMILES string of the molecule is C[C@@H]1CN(C(=O)c2nn[nH]n2)CCN1. The number of nitrogens with one attached hydrogen (secondary N) is 2. The lowest BCUT2D eigenvalue weighted by atomic mass is 10.2. The van der Waals surface area contributed by atoms with E-state index in [1.54, 1.807) is 4.90 Å². The van der Waals surface area contributed by atoms with Crippen LogP contribution in [0.1, 0.15) is 17.5 Å². The highest BCUT2D eigenvalue weighted by molar-refractivity contribution is 5.90. The minimum atomic E-state index is -0.160. The highest BCUT2D eigenvalue weighted by Crippen LogP contribution is 2.02. The van der Waals surface area contributed by atoms with Crippen LogP contribution in [0.5, 0.6) is 0 Å². The van der Waals surface area contributed by atoms with Crippen LogP contribution in [0.2, 0.25) is 0 Å². The summed E-state index contributed by atoms with van der Waals surface area (Å²) in [7, 11) is 0. The lowest BCUT2D eigenvalue weighted by Gasteiger charge is -2.30. The molecule has 1 aliphatic heterocycles. The lowest BCUT2D eigenvalue weighted by Crippen LogP contribution is -2.51. The largest absolute Gasteiger partial charge is 0.333 e. The van der Waals surface area contributed by atoms with Crippen molar-refractivity contribution in [1.82, 2.24) is 30.8 Å². The minimum absolute atomic E-state index is 0.138. The molecule has 0 radical (unpaired) electrons. The average Bonchev–Trinajstić information content (AvgIpc) is 2.69. The third kappa shape index (κ3) is 1.72. The molecule has 1 aliphatic rings. The Labute approximate surface area is 80.9 Å². The topological polar surface area (TPSA) is 86.8 Å². The molecule has 2 heterocycles. The molecule has 1 saturated heterocycles. The minimum Gasteiger partial charge on any atom is -0.333 e. The average molecular weight is 196 g/mol. The van der Waals surface area contributed by atoms with E-state index in [2.05, 4.69) is 25.9 Å². The van der Waals surface area contributed by atoms with Crippen molar-refractivity contribution in [3.63, 3.8) is 0 Å². The van der Waals surface area contributed by atoms with Crippen molar-refractivity contribution in [3.8, 4) is 0 Å². The Hall–Kier alpha value is -1.50. The van der Waals surface area contributed by atoms with Gasteiger partial charge in [-0.05, 0) is 12.1 Å². The van der Waals surface area contributed by atoms with Crippen LogP contribution >= 0.6 is 0 Å². The van der Waals surface area contributed by atoms with E-state index in [1.165, 1.54) is 0 Å². The molecule has 76 valence electrons. The van der Waals surface area contributed by atoms with Crippen molar-refractivity contribution < 1.29 is 4.79 Å². The summed E-state index contributed by atoms with van der Waals surface area (Å²) < 4.78 is 0. The second kappa shape index (κ2) is 3.70. The number of tetrazole rings is 1. The van der Waals surface area contributed by atoms with E-state index in [0.717, 1.165) is 6.54 Å². The summed E-state index contributed by atoms with van der Waals surface area (Å²) in [6, 6.07) is 0.319. The molecule has 2 rings (SSSR count). The van der Waals surface area contributed by atoms with Gasteiger partial charge in [0.2, 0.25) is 0 Å². The third-order valence-electron chi connectivity index (χ3n) is 2.19. The molecule has 0 bridgehead atoms. The summed E-state index contributed by atoms with van der Waals surface area (Å²) in [5.74, 6) is -0.0220. The summed E-state index contributed by atoms with van der Waals surface area (Å²) in [6.45, 7) is 4.23. The highest BCUT2D eigenvalue weighted by Gasteiger charge is 2.23. The first-order valence-corrected chi connectivity index (χ1v) is 4.53. The van der Waals surface area contributed by atoms with Gasteiger partial charge in [-0.2, -0.15) is 5.21 Å². The standard InChI is InChI=1S/C7H12N6O/c1-5-4-13(3-2-8-5)7(14)6-9-11-12-10-6/h5,8H,2-4H2,1H3,(H,9,10,11,12)/t5-/m1/s1. The molecule has 2 N–H and O–H groups in total. The second-order valence-corrected chi connectivity index (χ2v) is 3.34. The van der Waals surface area contributed by atoms with Crippen molar-refractivity contribution in [3.05, 3.63) is 5.82 Å². The number of carbonyl (C=O) groups is 1. The molecule has 1 atom stereocenters. The van der Waals surface area contributed by atoms with Crippen molar-refractivity contribution >= 4 is 5.91 Å². The van der Waals surface area contributed by atoms with Crippen LogP contribution in [0.3, 0.4) is 0 Å². The molecule has 7 heteroatoms. The summed E-state index contributed by atoms with van der Waals surface area (Å²) in [5.41, 5.74) is 0. The number of aromatic amines is 1. The predicted molar refractivity (Wildman–Crippen MR) is 47.5 cm³/mol. The van der Waals surface area contributed by atoms with E-state index < -0.39 is 0 Å². The Morgan fingerprint density at radius 2 is 2.50 bits per heavy atom. The number of aromatic nitrogens is 4. The Morgan fingerprint density at radius 3 is 3.14 bits per heavy atom. The van der Waals surface area contributed by atoms with Crippen molar-refractivity contribution in [2.45, 2.75) is 13.0 Å². The molecule has 0 aliphatic carbocycles. The maximum absolute atomic E-state index is 11.7. The molecule has 7 nitrogen and oxygen atoms in total. The fourth-order valence-corrected chi connectivity index (χ4v) is 1.51. The van der Waals surface area contributed by atoms with E-state index in [9.17, 15) is 4.79 Å². The Balaban J connectivity index is 2.04. The molecular weight excluding hydrogens is 184 g/mol. The quantitative estimate of drug-likeness (QED) is 0.579. The molecule has 0 spiro atoms. The number of rotatable bonds is 1. The monoisotopic (exact) mass is 196 g/mol. The van der Waals surface area contributed by atoms with Crippen LogP contribution in [0.4, 0.5) is 0 Å². The molecule has 0 aromatic carbocycles. The Morgan fingerprint density at radius 1 is 1.64 bits per heavy atom. The normalized spacial score (nSPS) is 22.4. The number of hydrogen-bond acceptors (Lipinski definition) is 5. The van der Waals surface area contributed by atoms with Gasteiger partial charge in [0.15, 0.2) is 0 Å². The van der Waals surface area contributed by atoms with E-state index in [-0.39, 0.29) is 11.7 Å². The van der Waals surface area contributed by atoms with Gasteiger partial charge in [0.05, 0.1) is 0 Å². The van der Waals surface area contributed by atoms with Crippen LogP contribution in [0.25, 0.3) is 0 Å². The first-order chi connectivity index (χ1) is 6.77. The summed E-state index contributed by atoms with van der Waals surface area (Å²) in [5, 5.41) is 16.2. The Kier molecular flexibility index (Phi) is 2.40. The first-order valence-electron chi connectivity index (χ1n) is 4.53. The van der Waals surface area contributed by atoms with E-state index >= 15 is 0 Å². The van der Waals surface area contributed by atoms with Crippen LogP contribution in [-0.2, 0) is 0 Å². The van der Waals surface area contributed by atoms with Gasteiger partial charge in [-0.1, -0.05) is 0 Å². The molecule has 1 aromatic rings. The number of nitrogens with zero attached hydrogens (tertiary/aromatic N) is 4. The molecule has 0 unspecified atom stereocenters. The van der Waals surface area contributed by atoms with Gasteiger partial charge < -0.3 is 10.2 Å². The molecule has 0 saturated carbocycles. The maximum atomic E-state index is 11.7. The summed E-state index contributed by atoms with van der Waals surface area (Å²) >= 11 is 0. The van der Waals surface area contributed by atoms with Gasteiger partial charge in [0.1, 0.15) is 0 Å². The zero-order chi connectivity index (χ0) is 9.97. The Bertz CT molecular complexity index is 310. The van der Waals surface area contributed by atoms with E-state index in [0.29, 0.717) is 19.1 Å². The summed E-state index contributed by atoms with van der Waals surface area (Å²) in [4.78, 5) is 13.4. The van der Waals surface area contributed by atoms with Crippen LogP contribution in [-0.4, -0.2) is 57.1 Å². The number of carbonyl (C=O) groups excluding carboxylic acids is 1. The molecule has 1 fully saturated rings. The second-order valence-electron chi connectivity index (χ2n) is 3.34. The number of amides is 1. The van der Waals surface area contributed by atoms with Gasteiger partial charge in [-0.15, -0.1) is 10.2 Å². The van der Waals surface area contributed by atoms with Crippen LogP contribution in [0.15, 0.2) is 0 Å². The van der Waals surface area contributed by atoms with Crippen molar-refractivity contribution in [2.24, 2.45) is 0 Å². The third-order valence-corrected chi connectivity index (χ3v) is 2.19. The molecule has 1 amide bonds. The van der Waals surface area contributed by atoms with Gasteiger partial charge in [0, 0.05) is 25.7 Å². The zero-order valence-corrected chi connectivity index (χ0v) is 7.90. The molecule has 1 aromatic heterocycles. The zero-order valence-electron chi connectivity index (χ0n) is 7.90. The van der Waals surface area contributed by atoms with Gasteiger partial charge >= 0.3 is 0 Å². The smallest absolute Gasteiger partial charge is 0.295 e. The van der Waals surface area contributed by atoms with Crippen LogP contribution in [0, 0.1) is 0 Å². The lowest BCUT2D eigenvalue weighted by molar-refractivity contribution is 0.0697. The van der Waals surface area contributed by atoms with Crippen molar-refractivity contribution in [2.75, 3.05) is 19.6 Å². The first kappa shape index (κ1) is 9.07. The fraction of sp³-hybridized carbons (Fsp3) is 0.714. The van der Waals surface area contributed by atoms with E-state index in [4.69, 9.17) is 0 Å². The summed E-state index contributed by atoms with van der Waals surface area (Å²) in [6.07, 6.45) is 0. The fourth-order valence-electron chi connectivity index (χ4n) is 1.51. The number of hydrogen-bond donors (Lipinski definition) is 2. The van der Waals surface area contributed by atoms with Crippen molar-refractivity contribution in [1.29, 1.82) is 0 Å². The highest BCUT2D eigenvalue weighted by atomic mass is 16.2.